The van der Waals surface area contributed by atoms with Crippen LogP contribution in [0.3, 0.4) is 0 Å². The monoisotopic (exact) mass is 317 g/mol. The Morgan fingerprint density at radius 3 is 2.52 bits per heavy atom. The lowest BCUT2D eigenvalue weighted by Gasteiger charge is -2.04. The predicted octanol–water partition coefficient (Wildman–Crippen LogP) is 5.22. The summed E-state index contributed by atoms with van der Waals surface area (Å²) in [5.41, 5.74) is 4.85. The number of carbonyl (C=O) groups excluding carboxylic acids is 1. The fourth-order valence-electron chi connectivity index (χ4n) is 2.82. The Balaban J connectivity index is 1.76. The summed E-state index contributed by atoms with van der Waals surface area (Å²) < 4.78 is 0. The first-order chi connectivity index (χ1) is 11.2. The zero-order valence-electron chi connectivity index (χ0n) is 12.7. The minimum atomic E-state index is -0.0312. The number of fused-ring (bicyclic) bond motifs is 1. The van der Waals surface area contributed by atoms with E-state index in [-0.39, 0.29) is 5.91 Å². The number of carbonyl (C=O) groups is 1. The number of benzene rings is 2. The lowest BCUT2D eigenvalue weighted by molar-refractivity contribution is -0.110. The molecule has 1 N–H and O–H groups in total. The number of thiophene rings is 1. The summed E-state index contributed by atoms with van der Waals surface area (Å²) in [4.78, 5) is 14.7. The number of rotatable bonds is 2. The van der Waals surface area contributed by atoms with Gasteiger partial charge in [0, 0.05) is 21.0 Å². The third kappa shape index (κ3) is 2.60. The van der Waals surface area contributed by atoms with E-state index in [2.05, 4.69) is 42.6 Å². The highest BCUT2D eigenvalue weighted by atomic mass is 32.1. The van der Waals surface area contributed by atoms with E-state index < -0.39 is 0 Å². The van der Waals surface area contributed by atoms with E-state index in [9.17, 15) is 4.79 Å². The molecule has 0 spiro atoms. The fraction of sp³-hybridized carbons (Fsp3) is 0.0500. The smallest absolute Gasteiger partial charge is 0.256 e. The minimum Gasteiger partial charge on any atom is -0.321 e. The third-order valence-electron chi connectivity index (χ3n) is 3.96. The van der Waals surface area contributed by atoms with Crippen molar-refractivity contribution in [2.75, 3.05) is 5.32 Å². The summed E-state index contributed by atoms with van der Waals surface area (Å²) in [6.07, 6.45) is 1.97. The van der Waals surface area contributed by atoms with Gasteiger partial charge in [-0.3, -0.25) is 4.79 Å². The Hall–Kier alpha value is -2.65. The highest BCUT2D eigenvalue weighted by Gasteiger charge is 2.24. The van der Waals surface area contributed by atoms with Crippen LogP contribution >= 0.6 is 11.3 Å². The molecule has 0 bridgehead atoms. The van der Waals surface area contributed by atoms with Crippen molar-refractivity contribution in [2.24, 2.45) is 0 Å². The van der Waals surface area contributed by atoms with Crippen molar-refractivity contribution in [3.63, 3.8) is 0 Å². The lowest BCUT2D eigenvalue weighted by Crippen LogP contribution is -2.03. The molecular formula is C20H15NOS. The largest absolute Gasteiger partial charge is 0.321 e. The van der Waals surface area contributed by atoms with Crippen LogP contribution in [-0.4, -0.2) is 5.91 Å². The first-order valence-electron chi connectivity index (χ1n) is 7.50. The number of aryl methyl sites for hydroxylation is 1. The summed E-state index contributed by atoms with van der Waals surface area (Å²) in [5, 5.41) is 2.98. The summed E-state index contributed by atoms with van der Waals surface area (Å²) in [5.74, 6) is -0.0312. The van der Waals surface area contributed by atoms with Gasteiger partial charge < -0.3 is 5.32 Å². The second kappa shape index (κ2) is 5.52. The molecule has 4 rings (SSSR count). The SMILES string of the molecule is Cc1ccc(C=C2C(=O)Nc3cc(-c4ccccc4)ccc32)s1. The molecule has 3 heteroatoms. The second-order valence-corrected chi connectivity index (χ2v) is 6.91. The van der Waals surface area contributed by atoms with E-state index in [0.29, 0.717) is 0 Å². The molecule has 112 valence electrons. The maximum atomic E-state index is 12.3. The normalized spacial score (nSPS) is 14.8. The average Bonchev–Trinajstić information content (AvgIpc) is 3.11. The van der Waals surface area contributed by atoms with Gasteiger partial charge in [-0.25, -0.2) is 0 Å². The van der Waals surface area contributed by atoms with Crippen molar-refractivity contribution in [2.45, 2.75) is 6.92 Å². The van der Waals surface area contributed by atoms with Crippen molar-refractivity contribution >= 4 is 34.6 Å². The average molecular weight is 317 g/mol. The first kappa shape index (κ1) is 14.0. The van der Waals surface area contributed by atoms with E-state index in [1.54, 1.807) is 11.3 Å². The molecule has 2 heterocycles. The number of anilines is 1. The van der Waals surface area contributed by atoms with Gasteiger partial charge in [0.1, 0.15) is 0 Å². The predicted molar refractivity (Wildman–Crippen MR) is 97.4 cm³/mol. The van der Waals surface area contributed by atoms with Crippen LogP contribution in [0.15, 0.2) is 60.7 Å². The minimum absolute atomic E-state index is 0.0312. The van der Waals surface area contributed by atoms with Crippen LogP contribution in [-0.2, 0) is 4.79 Å². The molecule has 0 aliphatic carbocycles. The lowest BCUT2D eigenvalue weighted by atomic mass is 10.0. The van der Waals surface area contributed by atoms with Crippen molar-refractivity contribution < 1.29 is 4.79 Å². The van der Waals surface area contributed by atoms with Crippen LogP contribution < -0.4 is 5.32 Å². The summed E-state index contributed by atoms with van der Waals surface area (Å²) in [6, 6.07) is 20.5. The zero-order valence-corrected chi connectivity index (χ0v) is 13.5. The fourth-order valence-corrected chi connectivity index (χ4v) is 3.64. The van der Waals surface area contributed by atoms with Crippen LogP contribution in [0.1, 0.15) is 15.3 Å². The van der Waals surface area contributed by atoms with Gasteiger partial charge in [0.05, 0.1) is 5.57 Å². The molecule has 0 fully saturated rings. The Labute approximate surface area is 139 Å². The number of amides is 1. The summed E-state index contributed by atoms with van der Waals surface area (Å²) in [7, 11) is 0. The number of hydrogen-bond acceptors (Lipinski definition) is 2. The maximum absolute atomic E-state index is 12.3. The van der Waals surface area contributed by atoms with E-state index in [1.807, 2.05) is 36.4 Å². The summed E-state index contributed by atoms with van der Waals surface area (Å²) >= 11 is 1.69. The Kier molecular flexibility index (Phi) is 3.36. The van der Waals surface area contributed by atoms with Gasteiger partial charge in [0.25, 0.3) is 5.91 Å². The van der Waals surface area contributed by atoms with Crippen LogP contribution in [0.4, 0.5) is 5.69 Å². The Morgan fingerprint density at radius 2 is 1.78 bits per heavy atom. The Morgan fingerprint density at radius 1 is 0.957 bits per heavy atom. The molecule has 0 unspecified atom stereocenters. The van der Waals surface area contributed by atoms with E-state index in [1.165, 1.54) is 4.88 Å². The molecule has 2 nitrogen and oxygen atoms in total. The zero-order chi connectivity index (χ0) is 15.8. The van der Waals surface area contributed by atoms with Crippen LogP contribution in [0.5, 0.6) is 0 Å². The topological polar surface area (TPSA) is 29.1 Å². The molecule has 0 saturated carbocycles. The molecule has 1 aliphatic rings. The van der Waals surface area contributed by atoms with E-state index in [4.69, 9.17) is 0 Å². The van der Waals surface area contributed by atoms with Gasteiger partial charge in [-0.1, -0.05) is 42.5 Å². The van der Waals surface area contributed by atoms with Crippen molar-refractivity contribution in [1.82, 2.24) is 0 Å². The van der Waals surface area contributed by atoms with E-state index >= 15 is 0 Å². The summed E-state index contributed by atoms with van der Waals surface area (Å²) in [6.45, 7) is 2.07. The standard InChI is InChI=1S/C20H15NOS/c1-13-7-9-16(23-13)12-18-17-10-8-15(11-19(17)21-20(18)22)14-5-3-2-4-6-14/h2-12H,1H3,(H,21,22). The van der Waals surface area contributed by atoms with Gasteiger partial charge in [0.15, 0.2) is 0 Å². The molecule has 0 radical (unpaired) electrons. The van der Waals surface area contributed by atoms with E-state index in [0.717, 1.165) is 32.8 Å². The number of nitrogens with one attached hydrogen (secondary N) is 1. The molecule has 1 aliphatic heterocycles. The maximum Gasteiger partial charge on any atom is 0.256 e. The van der Waals surface area contributed by atoms with Crippen LogP contribution in [0.2, 0.25) is 0 Å². The first-order valence-corrected chi connectivity index (χ1v) is 8.32. The quantitative estimate of drug-likeness (QED) is 0.645. The highest BCUT2D eigenvalue weighted by Crippen LogP contribution is 2.36. The van der Waals surface area contributed by atoms with Gasteiger partial charge >= 0.3 is 0 Å². The van der Waals surface area contributed by atoms with Crippen LogP contribution in [0, 0.1) is 6.92 Å². The molecule has 1 aromatic heterocycles. The van der Waals surface area contributed by atoms with Gasteiger partial charge in [-0.05, 0) is 42.3 Å². The van der Waals surface area contributed by atoms with Gasteiger partial charge in [-0.2, -0.15) is 0 Å². The van der Waals surface area contributed by atoms with Crippen LogP contribution in [0.25, 0.3) is 22.8 Å². The molecule has 2 aromatic carbocycles. The van der Waals surface area contributed by atoms with Gasteiger partial charge in [0.2, 0.25) is 0 Å². The van der Waals surface area contributed by atoms with Crippen molar-refractivity contribution in [3.05, 3.63) is 76.0 Å². The van der Waals surface area contributed by atoms with Crippen molar-refractivity contribution in [3.8, 4) is 11.1 Å². The van der Waals surface area contributed by atoms with Gasteiger partial charge in [-0.15, -0.1) is 11.3 Å². The molecule has 1 amide bonds. The molecule has 3 aromatic rings. The molecule has 23 heavy (non-hydrogen) atoms. The Bertz CT molecular complexity index is 922. The highest BCUT2D eigenvalue weighted by molar-refractivity contribution is 7.12. The molecule has 0 saturated heterocycles. The van der Waals surface area contributed by atoms with Crippen molar-refractivity contribution in [1.29, 1.82) is 0 Å². The third-order valence-corrected chi connectivity index (χ3v) is 4.91. The second-order valence-electron chi connectivity index (χ2n) is 5.59. The number of hydrogen-bond donors (Lipinski definition) is 1. The molecule has 0 atom stereocenters. The molecular weight excluding hydrogens is 302 g/mol.